The van der Waals surface area contributed by atoms with Gasteiger partial charge in [0.15, 0.2) is 17.5 Å². The number of nitrogens with zero attached hydrogens (tertiary/aromatic N) is 1. The van der Waals surface area contributed by atoms with E-state index in [4.69, 9.17) is 14.2 Å². The van der Waals surface area contributed by atoms with E-state index in [2.05, 4.69) is 28.6 Å². The number of ether oxygens (including phenoxy) is 3. The molecule has 0 radical (unpaired) electrons. The Labute approximate surface area is 191 Å². The number of hydrogen-bond donors (Lipinski definition) is 2. The number of para-hydroxylation sites is 1. The van der Waals surface area contributed by atoms with Crippen LogP contribution < -0.4 is 24.8 Å². The molecule has 0 amide bonds. The van der Waals surface area contributed by atoms with Crippen molar-refractivity contribution < 1.29 is 14.2 Å². The molecule has 2 aromatic rings. The average molecular weight is 513 g/mol. The summed E-state index contributed by atoms with van der Waals surface area (Å²) in [6.45, 7) is 6.72. The maximum absolute atomic E-state index is 5.57. The Morgan fingerprint density at radius 2 is 1.69 bits per heavy atom. The number of guanidine groups is 1. The van der Waals surface area contributed by atoms with Gasteiger partial charge in [-0.05, 0) is 49.6 Å². The number of nitrogens with one attached hydrogen (secondary N) is 2. The van der Waals surface area contributed by atoms with Crippen LogP contribution in [0.4, 0.5) is 0 Å². The summed E-state index contributed by atoms with van der Waals surface area (Å²) in [5.41, 5.74) is 2.23. The van der Waals surface area contributed by atoms with Crippen LogP contribution >= 0.6 is 24.0 Å². The predicted octanol–water partition coefficient (Wildman–Crippen LogP) is 4.02. The van der Waals surface area contributed by atoms with E-state index in [1.807, 2.05) is 43.3 Å². The van der Waals surface area contributed by atoms with Crippen molar-refractivity contribution in [1.29, 1.82) is 0 Å². The van der Waals surface area contributed by atoms with Gasteiger partial charge in [-0.2, -0.15) is 0 Å². The van der Waals surface area contributed by atoms with Gasteiger partial charge >= 0.3 is 0 Å². The third kappa shape index (κ3) is 8.00. The van der Waals surface area contributed by atoms with Crippen molar-refractivity contribution in [2.75, 3.05) is 33.9 Å². The lowest BCUT2D eigenvalue weighted by atomic mass is 10.1. The van der Waals surface area contributed by atoms with E-state index < -0.39 is 0 Å². The molecular weight excluding hydrogens is 481 g/mol. The van der Waals surface area contributed by atoms with Crippen molar-refractivity contribution in [2.45, 2.75) is 26.8 Å². The second kappa shape index (κ2) is 13.9. The first-order chi connectivity index (χ1) is 13.7. The number of benzene rings is 2. The fourth-order valence-electron chi connectivity index (χ4n) is 2.82. The summed E-state index contributed by atoms with van der Waals surface area (Å²) in [4.78, 5) is 4.68. The lowest BCUT2D eigenvalue weighted by Gasteiger charge is -2.13. The van der Waals surface area contributed by atoms with Gasteiger partial charge in [-0.3, -0.25) is 0 Å². The molecule has 0 heterocycles. The zero-order valence-electron chi connectivity index (χ0n) is 17.7. The standard InChI is InChI=1S/C22H31N3O3.HI/c1-5-23-22(24-14-13-18-9-7-8-10-19(18)26-3)25-16-17-11-12-20(28-6-2)21(15-17)27-4;/h7-12,15H,5-6,13-14,16H2,1-4H3,(H2,23,24,25);1H. The van der Waals surface area contributed by atoms with E-state index in [-0.39, 0.29) is 24.0 Å². The molecule has 29 heavy (non-hydrogen) atoms. The molecule has 160 valence electrons. The van der Waals surface area contributed by atoms with Crippen molar-refractivity contribution in [3.8, 4) is 17.2 Å². The highest BCUT2D eigenvalue weighted by Crippen LogP contribution is 2.28. The van der Waals surface area contributed by atoms with Gasteiger partial charge in [0.05, 0.1) is 27.4 Å². The van der Waals surface area contributed by atoms with E-state index >= 15 is 0 Å². The highest BCUT2D eigenvalue weighted by Gasteiger charge is 2.06. The van der Waals surface area contributed by atoms with Gasteiger partial charge in [0, 0.05) is 13.1 Å². The molecule has 2 N–H and O–H groups in total. The largest absolute Gasteiger partial charge is 0.496 e. The monoisotopic (exact) mass is 513 g/mol. The van der Waals surface area contributed by atoms with Crippen molar-refractivity contribution in [1.82, 2.24) is 10.6 Å². The Kier molecular flexibility index (Phi) is 11.9. The summed E-state index contributed by atoms with van der Waals surface area (Å²) >= 11 is 0. The van der Waals surface area contributed by atoms with Crippen LogP contribution in [0.2, 0.25) is 0 Å². The van der Waals surface area contributed by atoms with Crippen LogP contribution in [0, 0.1) is 0 Å². The molecule has 0 aliphatic rings. The fraction of sp³-hybridized carbons (Fsp3) is 0.409. The van der Waals surface area contributed by atoms with Gasteiger partial charge in [0.1, 0.15) is 5.75 Å². The Hall–Kier alpha value is -2.16. The zero-order chi connectivity index (χ0) is 20.2. The van der Waals surface area contributed by atoms with E-state index in [1.54, 1.807) is 14.2 Å². The van der Waals surface area contributed by atoms with Crippen LogP contribution in [0.15, 0.2) is 47.5 Å². The van der Waals surface area contributed by atoms with Crippen LogP contribution in [0.25, 0.3) is 0 Å². The SMILES string of the molecule is CCNC(=NCc1ccc(OCC)c(OC)c1)NCCc1ccccc1OC.I. The molecule has 2 rings (SSSR count). The summed E-state index contributed by atoms with van der Waals surface area (Å²) in [5, 5.41) is 6.66. The van der Waals surface area contributed by atoms with Crippen molar-refractivity contribution in [3.05, 3.63) is 53.6 Å². The third-order valence-corrected chi connectivity index (χ3v) is 4.17. The molecule has 0 aromatic heterocycles. The van der Waals surface area contributed by atoms with Gasteiger partial charge in [-0.25, -0.2) is 4.99 Å². The summed E-state index contributed by atoms with van der Waals surface area (Å²) in [6, 6.07) is 14.0. The molecule has 0 saturated heterocycles. The summed E-state index contributed by atoms with van der Waals surface area (Å²) in [5.74, 6) is 3.17. The number of halogens is 1. The lowest BCUT2D eigenvalue weighted by Crippen LogP contribution is -2.38. The summed E-state index contributed by atoms with van der Waals surface area (Å²) in [6.07, 6.45) is 0.852. The zero-order valence-corrected chi connectivity index (χ0v) is 20.0. The number of methoxy groups -OCH3 is 2. The molecule has 0 atom stereocenters. The van der Waals surface area contributed by atoms with Crippen LogP contribution in [-0.2, 0) is 13.0 Å². The normalized spacial score (nSPS) is 10.7. The molecule has 7 heteroatoms. The second-order valence-corrected chi connectivity index (χ2v) is 6.10. The second-order valence-electron chi connectivity index (χ2n) is 6.10. The van der Waals surface area contributed by atoms with Crippen LogP contribution in [0.5, 0.6) is 17.2 Å². The van der Waals surface area contributed by atoms with Gasteiger partial charge in [-0.1, -0.05) is 24.3 Å². The minimum Gasteiger partial charge on any atom is -0.496 e. The smallest absolute Gasteiger partial charge is 0.191 e. The molecule has 0 bridgehead atoms. The van der Waals surface area contributed by atoms with Crippen LogP contribution in [-0.4, -0.2) is 39.9 Å². The molecule has 0 fully saturated rings. The number of rotatable bonds is 10. The lowest BCUT2D eigenvalue weighted by molar-refractivity contribution is 0.310. The molecule has 0 aliphatic carbocycles. The van der Waals surface area contributed by atoms with Crippen molar-refractivity contribution in [2.24, 2.45) is 4.99 Å². The molecule has 2 aromatic carbocycles. The van der Waals surface area contributed by atoms with Crippen LogP contribution in [0.1, 0.15) is 25.0 Å². The quantitative estimate of drug-likeness (QED) is 0.286. The van der Waals surface area contributed by atoms with Gasteiger partial charge in [0.25, 0.3) is 0 Å². The van der Waals surface area contributed by atoms with Gasteiger partial charge in [0.2, 0.25) is 0 Å². The predicted molar refractivity (Wildman–Crippen MR) is 129 cm³/mol. The highest BCUT2D eigenvalue weighted by molar-refractivity contribution is 14.0. The molecule has 0 unspecified atom stereocenters. The summed E-state index contributed by atoms with van der Waals surface area (Å²) < 4.78 is 16.4. The molecular formula is C22H32IN3O3. The first-order valence-electron chi connectivity index (χ1n) is 9.65. The van der Waals surface area contributed by atoms with Gasteiger partial charge in [-0.15, -0.1) is 24.0 Å². The fourth-order valence-corrected chi connectivity index (χ4v) is 2.82. The average Bonchev–Trinajstić information content (AvgIpc) is 2.73. The van der Waals surface area contributed by atoms with Crippen molar-refractivity contribution in [3.63, 3.8) is 0 Å². The third-order valence-electron chi connectivity index (χ3n) is 4.17. The molecule has 0 saturated carbocycles. The number of aliphatic imine (C=N–C) groups is 1. The molecule has 6 nitrogen and oxygen atoms in total. The van der Waals surface area contributed by atoms with E-state index in [1.165, 1.54) is 5.56 Å². The summed E-state index contributed by atoms with van der Waals surface area (Å²) in [7, 11) is 3.34. The Bertz CT molecular complexity index is 769. The van der Waals surface area contributed by atoms with E-state index in [0.717, 1.165) is 48.3 Å². The van der Waals surface area contributed by atoms with Gasteiger partial charge < -0.3 is 24.8 Å². The molecule has 0 aliphatic heterocycles. The van der Waals surface area contributed by atoms with E-state index in [9.17, 15) is 0 Å². The Balaban J connectivity index is 0.00000420. The first-order valence-corrected chi connectivity index (χ1v) is 9.65. The first kappa shape index (κ1) is 24.9. The van der Waals surface area contributed by atoms with Crippen LogP contribution in [0.3, 0.4) is 0 Å². The molecule has 0 spiro atoms. The maximum Gasteiger partial charge on any atom is 0.191 e. The highest BCUT2D eigenvalue weighted by atomic mass is 127. The Morgan fingerprint density at radius 3 is 2.38 bits per heavy atom. The maximum atomic E-state index is 5.57. The minimum absolute atomic E-state index is 0. The Morgan fingerprint density at radius 1 is 0.931 bits per heavy atom. The topological polar surface area (TPSA) is 64.1 Å². The number of hydrogen-bond acceptors (Lipinski definition) is 4. The minimum atomic E-state index is 0. The van der Waals surface area contributed by atoms with E-state index in [0.29, 0.717) is 13.2 Å². The van der Waals surface area contributed by atoms with Crippen molar-refractivity contribution >= 4 is 29.9 Å².